The Morgan fingerprint density at radius 2 is 2.00 bits per heavy atom. The molecule has 2 aromatic rings. The minimum atomic E-state index is -3.45. The summed E-state index contributed by atoms with van der Waals surface area (Å²) in [6, 6.07) is 9.53. The van der Waals surface area contributed by atoms with Crippen molar-refractivity contribution in [2.45, 2.75) is 13.3 Å². The second kappa shape index (κ2) is 8.08. The number of anilines is 1. The molecule has 27 heavy (non-hydrogen) atoms. The molecule has 0 unspecified atom stereocenters. The number of nitrogens with one attached hydrogen (secondary N) is 1. The third kappa shape index (κ3) is 4.13. The van der Waals surface area contributed by atoms with Crippen LogP contribution in [-0.4, -0.2) is 57.5 Å². The van der Waals surface area contributed by atoms with E-state index in [1.807, 2.05) is 30.0 Å². The zero-order valence-electron chi connectivity index (χ0n) is 15.5. The maximum atomic E-state index is 12.3. The van der Waals surface area contributed by atoms with E-state index in [1.54, 1.807) is 13.2 Å². The summed E-state index contributed by atoms with van der Waals surface area (Å²) in [4.78, 5) is 6.61. The average Bonchev–Trinajstić information content (AvgIpc) is 2.70. The molecule has 0 radical (unpaired) electrons. The number of hydrogen-bond donors (Lipinski definition) is 1. The Labute approximate surface area is 159 Å². The minimum Gasteiger partial charge on any atom is -0.497 e. The first-order valence-electron chi connectivity index (χ1n) is 8.87. The van der Waals surface area contributed by atoms with Gasteiger partial charge in [-0.25, -0.2) is 9.71 Å². The molecule has 1 fully saturated rings. The normalized spacial score (nSPS) is 15.7. The lowest BCUT2D eigenvalue weighted by molar-refractivity contribution is 0.377. The van der Waals surface area contributed by atoms with Gasteiger partial charge in [0.25, 0.3) is 10.2 Å². The van der Waals surface area contributed by atoms with Gasteiger partial charge in [0.15, 0.2) is 0 Å². The van der Waals surface area contributed by atoms with Gasteiger partial charge in [-0.2, -0.15) is 18.0 Å². The van der Waals surface area contributed by atoms with Crippen LogP contribution in [0.25, 0.3) is 10.9 Å². The standard InChI is InChI=1S/C18H23N5O3S/c1-3-6-20-27(24,25)23-9-7-22(8-10-23)18-15(13-19)11-14-12-16(26-2)4-5-17(14)21-18/h4-5,11-12,20H,3,6-10H2,1-2H3. The van der Waals surface area contributed by atoms with E-state index in [-0.39, 0.29) is 0 Å². The minimum absolute atomic E-state index is 0.353. The summed E-state index contributed by atoms with van der Waals surface area (Å²) in [5, 5.41) is 10.4. The molecule has 0 spiro atoms. The van der Waals surface area contributed by atoms with Crippen molar-refractivity contribution >= 4 is 26.9 Å². The van der Waals surface area contributed by atoms with Gasteiger partial charge in [-0.1, -0.05) is 6.92 Å². The Bertz CT molecular complexity index is 963. The van der Waals surface area contributed by atoms with E-state index in [0.29, 0.717) is 49.9 Å². The van der Waals surface area contributed by atoms with Crippen LogP contribution in [0.1, 0.15) is 18.9 Å². The van der Waals surface area contributed by atoms with E-state index in [9.17, 15) is 13.7 Å². The van der Waals surface area contributed by atoms with Gasteiger partial charge >= 0.3 is 0 Å². The van der Waals surface area contributed by atoms with Crippen molar-refractivity contribution in [2.75, 3.05) is 44.7 Å². The van der Waals surface area contributed by atoms with E-state index in [4.69, 9.17) is 4.74 Å². The third-order valence-electron chi connectivity index (χ3n) is 4.53. The first kappa shape index (κ1) is 19.4. The van der Waals surface area contributed by atoms with Crippen LogP contribution in [0.5, 0.6) is 5.75 Å². The monoisotopic (exact) mass is 389 g/mol. The number of benzene rings is 1. The lowest BCUT2D eigenvalue weighted by Crippen LogP contribution is -2.52. The molecule has 1 aromatic carbocycles. The first-order valence-corrected chi connectivity index (χ1v) is 10.3. The number of methoxy groups -OCH3 is 1. The Balaban J connectivity index is 1.81. The van der Waals surface area contributed by atoms with Crippen LogP contribution in [0.4, 0.5) is 5.82 Å². The molecule has 1 aliphatic rings. The second-order valence-electron chi connectivity index (χ2n) is 6.32. The summed E-state index contributed by atoms with van der Waals surface area (Å²) < 4.78 is 33.8. The van der Waals surface area contributed by atoms with E-state index < -0.39 is 10.2 Å². The summed E-state index contributed by atoms with van der Waals surface area (Å²) >= 11 is 0. The maximum Gasteiger partial charge on any atom is 0.279 e. The highest BCUT2D eigenvalue weighted by Crippen LogP contribution is 2.27. The molecule has 1 saturated heterocycles. The molecular weight excluding hydrogens is 366 g/mol. The molecule has 0 bridgehead atoms. The molecule has 9 heteroatoms. The van der Waals surface area contributed by atoms with Crippen molar-refractivity contribution in [3.05, 3.63) is 29.8 Å². The van der Waals surface area contributed by atoms with Crippen LogP contribution in [0.15, 0.2) is 24.3 Å². The fourth-order valence-corrected chi connectivity index (χ4v) is 4.35. The molecule has 144 valence electrons. The molecule has 2 heterocycles. The van der Waals surface area contributed by atoms with Crippen LogP contribution in [0.2, 0.25) is 0 Å². The number of piperazine rings is 1. The SMILES string of the molecule is CCCNS(=O)(=O)N1CCN(c2nc3ccc(OC)cc3cc2C#N)CC1. The highest BCUT2D eigenvalue weighted by Gasteiger charge is 2.28. The van der Waals surface area contributed by atoms with Crippen LogP contribution in [-0.2, 0) is 10.2 Å². The van der Waals surface area contributed by atoms with Crippen LogP contribution in [0, 0.1) is 11.3 Å². The van der Waals surface area contributed by atoms with Crippen molar-refractivity contribution < 1.29 is 13.2 Å². The summed E-state index contributed by atoms with van der Waals surface area (Å²) in [5.41, 5.74) is 1.24. The van der Waals surface area contributed by atoms with Gasteiger partial charge in [-0.15, -0.1) is 0 Å². The van der Waals surface area contributed by atoms with Gasteiger partial charge in [-0.05, 0) is 30.7 Å². The Hall–Kier alpha value is -2.41. The van der Waals surface area contributed by atoms with Gasteiger partial charge < -0.3 is 9.64 Å². The molecule has 1 aliphatic heterocycles. The summed E-state index contributed by atoms with van der Waals surface area (Å²) in [5.74, 6) is 1.30. The number of ether oxygens (including phenoxy) is 1. The van der Waals surface area contributed by atoms with E-state index >= 15 is 0 Å². The van der Waals surface area contributed by atoms with E-state index in [1.165, 1.54) is 4.31 Å². The van der Waals surface area contributed by atoms with Crippen LogP contribution >= 0.6 is 0 Å². The molecule has 0 amide bonds. The second-order valence-corrected chi connectivity index (χ2v) is 8.07. The molecule has 1 N–H and O–H groups in total. The largest absolute Gasteiger partial charge is 0.497 e. The lowest BCUT2D eigenvalue weighted by atomic mass is 10.1. The fraction of sp³-hybridized carbons (Fsp3) is 0.444. The van der Waals surface area contributed by atoms with Gasteiger partial charge in [0, 0.05) is 38.1 Å². The van der Waals surface area contributed by atoms with Gasteiger partial charge in [0.05, 0.1) is 18.2 Å². The zero-order chi connectivity index (χ0) is 19.4. The molecular formula is C18H23N5O3S. The lowest BCUT2D eigenvalue weighted by Gasteiger charge is -2.35. The molecule has 1 aromatic heterocycles. The Kier molecular flexibility index (Phi) is 5.79. The summed E-state index contributed by atoms with van der Waals surface area (Å²) in [6.07, 6.45) is 0.747. The van der Waals surface area contributed by atoms with Crippen molar-refractivity contribution in [1.82, 2.24) is 14.0 Å². The first-order chi connectivity index (χ1) is 13.0. The quantitative estimate of drug-likeness (QED) is 0.804. The van der Waals surface area contributed by atoms with E-state index in [2.05, 4.69) is 15.8 Å². The maximum absolute atomic E-state index is 12.3. The van der Waals surface area contributed by atoms with Crippen molar-refractivity contribution in [3.8, 4) is 11.8 Å². The fourth-order valence-electron chi connectivity index (χ4n) is 3.06. The van der Waals surface area contributed by atoms with Crippen LogP contribution in [0.3, 0.4) is 0 Å². The number of rotatable bonds is 6. The van der Waals surface area contributed by atoms with E-state index in [0.717, 1.165) is 17.3 Å². The number of nitrogens with zero attached hydrogens (tertiary/aromatic N) is 4. The number of nitriles is 1. The number of pyridine rings is 1. The molecule has 0 aliphatic carbocycles. The van der Waals surface area contributed by atoms with Gasteiger partial charge in [-0.3, -0.25) is 0 Å². The Morgan fingerprint density at radius 1 is 1.26 bits per heavy atom. The highest BCUT2D eigenvalue weighted by molar-refractivity contribution is 7.87. The number of aromatic nitrogens is 1. The van der Waals surface area contributed by atoms with Crippen LogP contribution < -0.4 is 14.4 Å². The number of fused-ring (bicyclic) bond motifs is 1. The van der Waals surface area contributed by atoms with Crippen molar-refractivity contribution in [3.63, 3.8) is 0 Å². The highest BCUT2D eigenvalue weighted by atomic mass is 32.2. The summed E-state index contributed by atoms with van der Waals surface area (Å²) in [7, 11) is -1.86. The predicted octanol–water partition coefficient (Wildman–Crippen LogP) is 1.48. The van der Waals surface area contributed by atoms with Crippen molar-refractivity contribution in [1.29, 1.82) is 5.26 Å². The molecule has 0 saturated carbocycles. The third-order valence-corrected chi connectivity index (χ3v) is 6.15. The topological polar surface area (TPSA) is 98.6 Å². The Morgan fingerprint density at radius 3 is 2.63 bits per heavy atom. The number of hydrogen-bond acceptors (Lipinski definition) is 6. The zero-order valence-corrected chi connectivity index (χ0v) is 16.3. The molecule has 8 nitrogen and oxygen atoms in total. The van der Waals surface area contributed by atoms with Crippen molar-refractivity contribution in [2.24, 2.45) is 0 Å². The molecule has 0 atom stereocenters. The van der Waals surface area contributed by atoms with Gasteiger partial charge in [0.1, 0.15) is 17.6 Å². The molecule has 3 rings (SSSR count). The average molecular weight is 389 g/mol. The summed E-state index contributed by atoms with van der Waals surface area (Å²) in [6.45, 7) is 4.02. The van der Waals surface area contributed by atoms with Gasteiger partial charge in [0.2, 0.25) is 0 Å². The predicted molar refractivity (Wildman–Crippen MR) is 104 cm³/mol. The smallest absolute Gasteiger partial charge is 0.279 e.